The van der Waals surface area contributed by atoms with E-state index in [1.165, 1.54) is 23.5 Å². The van der Waals surface area contributed by atoms with E-state index in [1.54, 1.807) is 7.05 Å². The molecule has 0 radical (unpaired) electrons. The number of halogens is 2. The van der Waals surface area contributed by atoms with E-state index in [2.05, 4.69) is 15.3 Å². The summed E-state index contributed by atoms with van der Waals surface area (Å²) in [6.45, 7) is -0.0388. The van der Waals surface area contributed by atoms with Gasteiger partial charge in [-0.3, -0.25) is 0 Å². The van der Waals surface area contributed by atoms with Gasteiger partial charge in [0.2, 0.25) is 5.82 Å². The van der Waals surface area contributed by atoms with Crippen LogP contribution in [0.15, 0.2) is 29.6 Å². The molecule has 0 saturated heterocycles. The highest BCUT2D eigenvalue weighted by Crippen LogP contribution is 2.25. The molecule has 21 heavy (non-hydrogen) atoms. The molecule has 0 amide bonds. The molecule has 2 aromatic heterocycles. The van der Waals surface area contributed by atoms with Crippen molar-refractivity contribution in [2.45, 2.75) is 6.61 Å². The normalized spacial score (nSPS) is 10.8. The van der Waals surface area contributed by atoms with Gasteiger partial charge in [-0.15, -0.1) is 11.3 Å². The number of ether oxygens (including phenoxy) is 1. The lowest BCUT2D eigenvalue weighted by atomic mass is 10.3. The van der Waals surface area contributed by atoms with Crippen LogP contribution in [0.3, 0.4) is 0 Å². The van der Waals surface area contributed by atoms with E-state index < -0.39 is 11.6 Å². The molecule has 7 heteroatoms. The maximum Gasteiger partial charge on any atom is 0.200 e. The van der Waals surface area contributed by atoms with E-state index in [0.29, 0.717) is 11.6 Å². The molecule has 0 bridgehead atoms. The van der Waals surface area contributed by atoms with Crippen molar-refractivity contribution in [1.82, 2.24) is 9.97 Å². The van der Waals surface area contributed by atoms with Crippen LogP contribution < -0.4 is 10.1 Å². The molecule has 0 atom stereocenters. The van der Waals surface area contributed by atoms with Crippen molar-refractivity contribution >= 4 is 27.4 Å². The Morgan fingerprint density at radius 1 is 1.24 bits per heavy atom. The van der Waals surface area contributed by atoms with Gasteiger partial charge in [0.05, 0.1) is 5.39 Å². The number of fused-ring (bicyclic) bond motifs is 1. The Bertz CT molecular complexity index is 791. The van der Waals surface area contributed by atoms with Crippen LogP contribution in [0.1, 0.15) is 5.82 Å². The van der Waals surface area contributed by atoms with Crippen molar-refractivity contribution in [2.75, 3.05) is 12.4 Å². The van der Waals surface area contributed by atoms with E-state index in [9.17, 15) is 8.78 Å². The summed E-state index contributed by atoms with van der Waals surface area (Å²) in [4.78, 5) is 9.45. The lowest BCUT2D eigenvalue weighted by Crippen LogP contribution is -2.05. The first-order valence-electron chi connectivity index (χ1n) is 6.17. The summed E-state index contributed by atoms with van der Waals surface area (Å²) in [5, 5.41) is 5.81. The van der Waals surface area contributed by atoms with Crippen LogP contribution in [0.4, 0.5) is 14.6 Å². The molecule has 108 valence electrons. The van der Waals surface area contributed by atoms with Gasteiger partial charge in [-0.05, 0) is 23.6 Å². The highest BCUT2D eigenvalue weighted by molar-refractivity contribution is 7.16. The quantitative estimate of drug-likeness (QED) is 0.800. The molecule has 0 fully saturated rings. The third kappa shape index (κ3) is 2.64. The number of nitrogens with one attached hydrogen (secondary N) is 1. The Balaban J connectivity index is 1.86. The Kier molecular flexibility index (Phi) is 3.66. The zero-order valence-electron chi connectivity index (χ0n) is 11.1. The molecule has 2 heterocycles. The maximum atomic E-state index is 13.5. The van der Waals surface area contributed by atoms with Gasteiger partial charge in [0.25, 0.3) is 0 Å². The summed E-state index contributed by atoms with van der Waals surface area (Å²) in [6.07, 6.45) is 0. The van der Waals surface area contributed by atoms with Gasteiger partial charge >= 0.3 is 0 Å². The largest absolute Gasteiger partial charge is 0.482 e. The van der Waals surface area contributed by atoms with Crippen LogP contribution in [0.2, 0.25) is 0 Å². The number of aromatic nitrogens is 2. The number of thiophene rings is 1. The summed E-state index contributed by atoms with van der Waals surface area (Å²) in [6, 6.07) is 5.70. The second kappa shape index (κ2) is 5.61. The van der Waals surface area contributed by atoms with Crippen LogP contribution in [-0.2, 0) is 6.61 Å². The lowest BCUT2D eigenvalue weighted by Gasteiger charge is -2.08. The van der Waals surface area contributed by atoms with E-state index in [1.807, 2.05) is 11.4 Å². The number of rotatable bonds is 4. The zero-order valence-corrected chi connectivity index (χ0v) is 11.9. The van der Waals surface area contributed by atoms with Gasteiger partial charge in [0, 0.05) is 7.05 Å². The van der Waals surface area contributed by atoms with Crippen LogP contribution in [0.25, 0.3) is 10.2 Å². The summed E-state index contributed by atoms with van der Waals surface area (Å²) in [5.74, 6) is -1.03. The smallest absolute Gasteiger partial charge is 0.200 e. The van der Waals surface area contributed by atoms with Crippen molar-refractivity contribution in [1.29, 1.82) is 0 Å². The number of nitrogens with zero attached hydrogens (tertiary/aromatic N) is 2. The molecule has 0 aliphatic rings. The third-order valence-electron chi connectivity index (χ3n) is 2.88. The van der Waals surface area contributed by atoms with Crippen LogP contribution >= 0.6 is 11.3 Å². The fraction of sp³-hybridized carbons (Fsp3) is 0.143. The van der Waals surface area contributed by atoms with Gasteiger partial charge in [-0.2, -0.15) is 4.39 Å². The highest BCUT2D eigenvalue weighted by atomic mass is 32.1. The first-order chi connectivity index (χ1) is 10.2. The second-order valence-electron chi connectivity index (χ2n) is 4.22. The summed E-state index contributed by atoms with van der Waals surface area (Å²) < 4.78 is 31.9. The molecule has 0 unspecified atom stereocenters. The molecule has 3 aromatic rings. The van der Waals surface area contributed by atoms with Crippen molar-refractivity contribution in [3.05, 3.63) is 47.1 Å². The van der Waals surface area contributed by atoms with Crippen molar-refractivity contribution in [3.63, 3.8) is 0 Å². The van der Waals surface area contributed by atoms with E-state index in [-0.39, 0.29) is 12.4 Å². The molecule has 0 aliphatic carbocycles. The van der Waals surface area contributed by atoms with Crippen LogP contribution in [0, 0.1) is 11.6 Å². The van der Waals surface area contributed by atoms with Crippen LogP contribution in [0.5, 0.6) is 5.75 Å². The second-order valence-corrected chi connectivity index (χ2v) is 5.11. The molecule has 1 N–H and O–H groups in total. The van der Waals surface area contributed by atoms with Gasteiger partial charge in [-0.1, -0.05) is 6.07 Å². The minimum Gasteiger partial charge on any atom is -0.482 e. The average Bonchev–Trinajstić information content (AvgIpc) is 2.96. The molecular formula is C14H11F2N3OS. The SMILES string of the molecule is CNc1nc(COc2cccc(F)c2F)nc2sccc12. The van der Waals surface area contributed by atoms with Gasteiger partial charge in [0.15, 0.2) is 17.4 Å². The molecule has 0 saturated carbocycles. The Labute approximate surface area is 123 Å². The first kappa shape index (κ1) is 13.7. The number of benzene rings is 1. The van der Waals surface area contributed by atoms with E-state index >= 15 is 0 Å². The third-order valence-corrected chi connectivity index (χ3v) is 3.69. The topological polar surface area (TPSA) is 47.0 Å². The molecular weight excluding hydrogens is 296 g/mol. The fourth-order valence-corrected chi connectivity index (χ4v) is 2.68. The standard InChI is InChI=1S/C14H11F2N3OS/c1-17-13-8-5-6-21-14(8)19-11(18-13)7-20-10-4-2-3-9(15)12(10)16/h2-6H,7H2,1H3,(H,17,18,19). The van der Waals surface area contributed by atoms with E-state index in [4.69, 9.17) is 4.74 Å². The average molecular weight is 307 g/mol. The lowest BCUT2D eigenvalue weighted by molar-refractivity contribution is 0.276. The predicted octanol–water partition coefficient (Wildman–Crippen LogP) is 3.59. The van der Waals surface area contributed by atoms with Crippen LogP contribution in [-0.4, -0.2) is 17.0 Å². The Morgan fingerprint density at radius 3 is 2.90 bits per heavy atom. The minimum absolute atomic E-state index is 0.0388. The molecule has 0 aliphatic heterocycles. The predicted molar refractivity (Wildman–Crippen MR) is 77.7 cm³/mol. The number of anilines is 1. The van der Waals surface area contributed by atoms with E-state index in [0.717, 1.165) is 16.3 Å². The Hall–Kier alpha value is -2.28. The van der Waals surface area contributed by atoms with Crippen molar-refractivity contribution in [2.24, 2.45) is 0 Å². The molecule has 1 aromatic carbocycles. The number of hydrogen-bond donors (Lipinski definition) is 1. The highest BCUT2D eigenvalue weighted by Gasteiger charge is 2.11. The molecule has 0 spiro atoms. The minimum atomic E-state index is -1.01. The van der Waals surface area contributed by atoms with Gasteiger partial charge in [0.1, 0.15) is 17.3 Å². The van der Waals surface area contributed by atoms with Gasteiger partial charge in [-0.25, -0.2) is 14.4 Å². The van der Waals surface area contributed by atoms with Gasteiger partial charge < -0.3 is 10.1 Å². The zero-order chi connectivity index (χ0) is 14.8. The van der Waals surface area contributed by atoms with Crippen molar-refractivity contribution in [3.8, 4) is 5.75 Å². The Morgan fingerprint density at radius 2 is 2.10 bits per heavy atom. The van der Waals surface area contributed by atoms with Crippen molar-refractivity contribution < 1.29 is 13.5 Å². The molecule has 4 nitrogen and oxygen atoms in total. The summed E-state index contributed by atoms with van der Waals surface area (Å²) in [5.41, 5.74) is 0. The summed E-state index contributed by atoms with van der Waals surface area (Å²) >= 11 is 1.48. The number of hydrogen-bond acceptors (Lipinski definition) is 5. The summed E-state index contributed by atoms with van der Waals surface area (Å²) in [7, 11) is 1.76. The maximum absolute atomic E-state index is 13.5. The fourth-order valence-electron chi connectivity index (χ4n) is 1.89. The monoisotopic (exact) mass is 307 g/mol. The molecule has 3 rings (SSSR count). The first-order valence-corrected chi connectivity index (χ1v) is 7.05.